The zero-order chi connectivity index (χ0) is 3.54. The summed E-state index contributed by atoms with van der Waals surface area (Å²) in [5, 5.41) is 0. The first kappa shape index (κ1) is 3.27. The highest BCUT2D eigenvalue weighted by atomic mass is 31.1. The zero-order valence-electron chi connectivity index (χ0n) is 2.42. The van der Waals surface area contributed by atoms with Crippen LogP contribution in [0.3, 0.4) is 0 Å². The molecule has 0 N–H and O–H groups in total. The minimum atomic E-state index is 0.491. The standard InChI is InChI=1S/CH2N2P2/c1-2-5-3-4-1/h1,5H. The number of aromatic nitrogens is 2. The summed E-state index contributed by atoms with van der Waals surface area (Å²) in [5.41, 5.74) is 0. The Morgan fingerprint density at radius 2 is 2.80 bits per heavy atom. The van der Waals surface area contributed by atoms with Gasteiger partial charge in [0.05, 0.1) is 22.8 Å². The van der Waals surface area contributed by atoms with Gasteiger partial charge < -0.3 is 0 Å². The van der Waals surface area contributed by atoms with Crippen molar-refractivity contribution in [3.05, 3.63) is 5.93 Å². The van der Waals surface area contributed by atoms with Crippen molar-refractivity contribution in [3.8, 4) is 0 Å². The molecule has 5 heavy (non-hydrogen) atoms. The average molecular weight is 104 g/mol. The van der Waals surface area contributed by atoms with Gasteiger partial charge >= 0.3 is 0 Å². The van der Waals surface area contributed by atoms with E-state index in [0.717, 1.165) is 8.35 Å². The van der Waals surface area contributed by atoms with E-state index in [2.05, 4.69) is 9.26 Å². The van der Waals surface area contributed by atoms with Crippen LogP contribution in [-0.2, 0) is 0 Å². The maximum absolute atomic E-state index is 3.86. The Bertz CT molecular complexity index is 64.1. The van der Waals surface area contributed by atoms with Crippen molar-refractivity contribution in [3.63, 3.8) is 0 Å². The van der Waals surface area contributed by atoms with E-state index < -0.39 is 0 Å². The molecule has 0 amide bonds. The number of hydrogen-bond donors (Lipinski definition) is 0. The summed E-state index contributed by atoms with van der Waals surface area (Å²) in [4.78, 5) is 0. The van der Waals surface area contributed by atoms with Gasteiger partial charge in [0.15, 0.2) is 0 Å². The highest BCUT2D eigenvalue weighted by Crippen LogP contribution is 1.99. The molecule has 1 aromatic heterocycles. The van der Waals surface area contributed by atoms with Crippen LogP contribution in [0.5, 0.6) is 0 Å². The van der Waals surface area contributed by atoms with Crippen LogP contribution in [0.15, 0.2) is 5.93 Å². The molecule has 0 fully saturated rings. The van der Waals surface area contributed by atoms with Crippen LogP contribution in [-0.4, -0.2) is 9.26 Å². The third kappa shape index (κ3) is 0.678. The van der Waals surface area contributed by atoms with Crippen molar-refractivity contribution in [2.45, 2.75) is 0 Å². The van der Waals surface area contributed by atoms with Crippen LogP contribution in [0, 0.1) is 0 Å². The van der Waals surface area contributed by atoms with Crippen LogP contribution in [0.1, 0.15) is 0 Å². The molecule has 0 aromatic carbocycles. The van der Waals surface area contributed by atoms with Gasteiger partial charge in [-0.3, -0.25) is 0 Å². The van der Waals surface area contributed by atoms with Gasteiger partial charge in [-0.05, 0) is 0 Å². The van der Waals surface area contributed by atoms with Crippen LogP contribution >= 0.6 is 16.9 Å². The molecule has 1 heterocycles. The molecule has 0 aliphatic heterocycles. The molecule has 1 aromatic rings. The van der Waals surface area contributed by atoms with E-state index in [1.807, 2.05) is 0 Å². The lowest BCUT2D eigenvalue weighted by Gasteiger charge is -1.41. The van der Waals surface area contributed by atoms with Crippen molar-refractivity contribution in [1.29, 1.82) is 0 Å². The lowest BCUT2D eigenvalue weighted by Crippen LogP contribution is -1.27. The highest BCUT2D eigenvalue weighted by Gasteiger charge is 1.60. The van der Waals surface area contributed by atoms with Crippen molar-refractivity contribution in [2.24, 2.45) is 0 Å². The Morgan fingerprint density at radius 3 is 3.00 bits per heavy atom. The molecule has 0 radical (unpaired) electrons. The third-order valence-corrected chi connectivity index (χ3v) is 1.77. The fraction of sp³-hybridized carbons (Fsp3) is 0. The molecule has 0 saturated heterocycles. The first-order valence-corrected chi connectivity index (χ1v) is 2.97. The van der Waals surface area contributed by atoms with E-state index >= 15 is 0 Å². The first-order valence-electron chi connectivity index (χ1n) is 1.16. The van der Waals surface area contributed by atoms with E-state index in [-0.39, 0.29) is 0 Å². The molecule has 0 aliphatic carbocycles. The topological polar surface area (TPSA) is 25.8 Å². The Labute approximate surface area is 33.0 Å². The molecule has 0 saturated carbocycles. The Morgan fingerprint density at radius 1 is 1.80 bits per heavy atom. The predicted octanol–water partition coefficient (Wildman–Crippen LogP) is 1.09. The maximum Gasteiger partial charge on any atom is 0.0788 e. The van der Waals surface area contributed by atoms with Crippen LogP contribution in [0.2, 0.25) is 0 Å². The minimum absolute atomic E-state index is 0.491. The molecule has 0 bridgehead atoms. The average Bonchev–Trinajstić information content (AvgIpc) is 1.76. The second-order valence-corrected chi connectivity index (χ2v) is 2.28. The molecule has 1 atom stereocenters. The van der Waals surface area contributed by atoms with Crippen molar-refractivity contribution < 1.29 is 0 Å². The summed E-state index contributed by atoms with van der Waals surface area (Å²) in [5.74, 6) is 1.80. The number of hydrogen-bond acceptors (Lipinski definition) is 2. The van der Waals surface area contributed by atoms with Gasteiger partial charge in [-0.1, -0.05) is 0 Å². The minimum Gasteiger partial charge on any atom is -0.223 e. The van der Waals surface area contributed by atoms with E-state index in [1.165, 1.54) is 0 Å². The fourth-order valence-corrected chi connectivity index (χ4v) is 1.16. The van der Waals surface area contributed by atoms with E-state index in [0.29, 0.717) is 8.51 Å². The second-order valence-electron chi connectivity index (χ2n) is 0.560. The SMILES string of the molecule is c1n[pH]np1. The van der Waals surface area contributed by atoms with Crippen molar-refractivity contribution >= 4 is 16.9 Å². The van der Waals surface area contributed by atoms with Crippen LogP contribution in [0.4, 0.5) is 0 Å². The lowest BCUT2D eigenvalue weighted by molar-refractivity contribution is 1.64. The molecular formula is CH2N2P2. The van der Waals surface area contributed by atoms with Crippen molar-refractivity contribution in [1.82, 2.24) is 9.26 Å². The molecule has 2 nitrogen and oxygen atoms in total. The van der Waals surface area contributed by atoms with E-state index in [9.17, 15) is 0 Å². The molecule has 0 aliphatic rings. The van der Waals surface area contributed by atoms with Gasteiger partial charge in [0.2, 0.25) is 0 Å². The summed E-state index contributed by atoms with van der Waals surface area (Å²) < 4.78 is 7.67. The quantitative estimate of drug-likeness (QED) is 0.492. The summed E-state index contributed by atoms with van der Waals surface area (Å²) in [7, 11) is 1.53. The summed E-state index contributed by atoms with van der Waals surface area (Å²) in [6.45, 7) is 0. The smallest absolute Gasteiger partial charge is 0.0788 e. The Kier molecular flexibility index (Phi) is 0.975. The van der Waals surface area contributed by atoms with E-state index in [1.54, 1.807) is 5.93 Å². The predicted molar refractivity (Wildman–Crippen MR) is 24.0 cm³/mol. The van der Waals surface area contributed by atoms with E-state index in [4.69, 9.17) is 0 Å². The Hall–Kier alpha value is 0.0700. The summed E-state index contributed by atoms with van der Waals surface area (Å²) in [6.07, 6.45) is 0. The second kappa shape index (κ2) is 1.49. The van der Waals surface area contributed by atoms with Gasteiger partial charge in [0.25, 0.3) is 0 Å². The Balaban J connectivity index is 3.13. The highest BCUT2D eigenvalue weighted by molar-refractivity contribution is 7.36. The monoisotopic (exact) mass is 104 g/mol. The van der Waals surface area contributed by atoms with Crippen LogP contribution in [0.25, 0.3) is 0 Å². The molecule has 4 heteroatoms. The molecule has 1 unspecified atom stereocenters. The fourth-order valence-electron chi connectivity index (χ4n) is 0.129. The summed E-state index contributed by atoms with van der Waals surface area (Å²) in [6, 6.07) is 0. The summed E-state index contributed by atoms with van der Waals surface area (Å²) >= 11 is 0. The zero-order valence-corrected chi connectivity index (χ0v) is 4.31. The number of nitrogens with zero attached hydrogens (tertiary/aromatic N) is 2. The molecule has 0 spiro atoms. The van der Waals surface area contributed by atoms with Crippen LogP contribution < -0.4 is 0 Å². The van der Waals surface area contributed by atoms with Gasteiger partial charge in [0, 0.05) is 0 Å². The lowest BCUT2D eigenvalue weighted by atomic mass is 11.7. The molecule has 26 valence electrons. The van der Waals surface area contributed by atoms with Gasteiger partial charge in [-0.15, -0.1) is 0 Å². The molecular weight excluding hydrogens is 102 g/mol. The number of rotatable bonds is 0. The van der Waals surface area contributed by atoms with Gasteiger partial charge in [-0.2, -0.15) is 4.51 Å². The molecule has 1 rings (SSSR count). The first-order chi connectivity index (χ1) is 2.50. The maximum atomic E-state index is 3.86. The van der Waals surface area contributed by atoms with Gasteiger partial charge in [0.1, 0.15) is 0 Å². The van der Waals surface area contributed by atoms with Crippen molar-refractivity contribution in [2.75, 3.05) is 0 Å². The largest absolute Gasteiger partial charge is 0.223 e. The third-order valence-electron chi connectivity index (χ3n) is 0.270. The normalized spacial score (nSPS) is 11.2. The van der Waals surface area contributed by atoms with Gasteiger partial charge in [-0.25, -0.2) is 4.75 Å².